The number of halogens is 1. The number of hydrogen-bond acceptors (Lipinski definition) is 4. The number of rotatable bonds is 7. The molecule has 2 aromatic rings. The molecule has 1 aromatic heterocycles. The molecule has 0 aliphatic heterocycles. The van der Waals surface area contributed by atoms with E-state index >= 15 is 0 Å². The minimum Gasteiger partial charge on any atom is -0.497 e. The summed E-state index contributed by atoms with van der Waals surface area (Å²) < 4.78 is 5.14. The topological polar surface area (TPSA) is 79.0 Å². The third-order valence-corrected chi connectivity index (χ3v) is 3.38. The molecule has 7 heteroatoms. The first-order valence-electron chi connectivity index (χ1n) is 7.35. The number of likely N-dealkylation sites (N-methyl/N-ethyl adjacent to an activating group) is 1. The summed E-state index contributed by atoms with van der Waals surface area (Å²) in [4.78, 5) is 12.3. The second-order valence-corrected chi connectivity index (χ2v) is 5.06. The second kappa shape index (κ2) is 9.17. The number of carbonyl (C=O) groups excluding carboxylic acids is 1. The minimum atomic E-state index is -0.135. The fraction of sp³-hybridized carbons (Fsp3) is 0.375. The summed E-state index contributed by atoms with van der Waals surface area (Å²) in [5, 5.41) is 13.0. The summed E-state index contributed by atoms with van der Waals surface area (Å²) in [6.07, 6.45) is 1.55. The summed E-state index contributed by atoms with van der Waals surface area (Å²) >= 11 is 0. The van der Waals surface area contributed by atoms with Gasteiger partial charge in [0, 0.05) is 18.2 Å². The molecule has 0 fully saturated rings. The van der Waals surface area contributed by atoms with E-state index in [1.54, 1.807) is 13.3 Å². The Morgan fingerprint density at radius 1 is 1.35 bits per heavy atom. The number of H-pyrrole nitrogens is 1. The van der Waals surface area contributed by atoms with E-state index in [-0.39, 0.29) is 24.4 Å². The van der Waals surface area contributed by atoms with E-state index in [0.717, 1.165) is 17.9 Å². The molecule has 3 N–H and O–H groups in total. The number of methoxy groups -OCH3 is 1. The number of nitrogens with one attached hydrogen (secondary N) is 3. The average Bonchev–Trinajstić information content (AvgIpc) is 3.02. The van der Waals surface area contributed by atoms with E-state index < -0.39 is 0 Å². The molecule has 23 heavy (non-hydrogen) atoms. The Hall–Kier alpha value is -2.05. The van der Waals surface area contributed by atoms with Crippen molar-refractivity contribution in [2.24, 2.45) is 0 Å². The van der Waals surface area contributed by atoms with Crippen LogP contribution in [0.15, 0.2) is 30.5 Å². The van der Waals surface area contributed by atoms with Crippen LogP contribution in [0.3, 0.4) is 0 Å². The van der Waals surface area contributed by atoms with Crippen LogP contribution in [0.2, 0.25) is 0 Å². The Morgan fingerprint density at radius 2 is 2.04 bits per heavy atom. The predicted octanol–water partition coefficient (Wildman–Crippen LogP) is 2.23. The van der Waals surface area contributed by atoms with Crippen LogP contribution in [0.5, 0.6) is 5.75 Å². The van der Waals surface area contributed by atoms with Crippen molar-refractivity contribution in [3.05, 3.63) is 36.0 Å². The summed E-state index contributed by atoms with van der Waals surface area (Å²) in [5.74, 6) is 0.637. The fourth-order valence-corrected chi connectivity index (χ4v) is 2.20. The Bertz CT molecular complexity index is 613. The molecule has 0 spiro atoms. The molecule has 0 aliphatic rings. The van der Waals surface area contributed by atoms with Gasteiger partial charge in [-0.25, -0.2) is 0 Å². The Kier molecular flexibility index (Phi) is 7.57. The number of ether oxygens (including phenoxy) is 1. The van der Waals surface area contributed by atoms with Gasteiger partial charge in [-0.2, -0.15) is 5.10 Å². The van der Waals surface area contributed by atoms with Crippen LogP contribution >= 0.6 is 12.4 Å². The van der Waals surface area contributed by atoms with Gasteiger partial charge in [0.2, 0.25) is 0 Å². The highest BCUT2D eigenvalue weighted by molar-refractivity contribution is 5.99. The first-order valence-corrected chi connectivity index (χ1v) is 7.35. The van der Waals surface area contributed by atoms with Gasteiger partial charge in [0.25, 0.3) is 5.91 Å². The van der Waals surface area contributed by atoms with E-state index in [4.69, 9.17) is 4.74 Å². The maximum atomic E-state index is 12.3. The third kappa shape index (κ3) is 4.97. The third-order valence-electron chi connectivity index (χ3n) is 3.38. The number of carbonyl (C=O) groups is 1. The molecule has 1 atom stereocenters. The molecule has 1 aromatic carbocycles. The van der Waals surface area contributed by atoms with Crippen LogP contribution in [-0.4, -0.2) is 42.3 Å². The number of aromatic nitrogens is 2. The fourth-order valence-electron chi connectivity index (χ4n) is 2.20. The van der Waals surface area contributed by atoms with Gasteiger partial charge >= 0.3 is 0 Å². The van der Waals surface area contributed by atoms with Gasteiger partial charge in [-0.05, 0) is 37.7 Å². The molecule has 1 heterocycles. The first-order chi connectivity index (χ1) is 10.7. The van der Waals surface area contributed by atoms with Crippen LogP contribution in [0, 0.1) is 0 Å². The summed E-state index contributed by atoms with van der Waals surface area (Å²) in [5.41, 5.74) is 2.13. The molecule has 126 valence electrons. The van der Waals surface area contributed by atoms with Crippen molar-refractivity contribution in [1.29, 1.82) is 0 Å². The zero-order valence-corrected chi connectivity index (χ0v) is 14.4. The maximum Gasteiger partial charge on any atom is 0.255 e. The normalized spacial score (nSPS) is 11.4. The van der Waals surface area contributed by atoms with Crippen LogP contribution in [0.4, 0.5) is 0 Å². The SMILES string of the molecule is CCN[C@H](C)CNC(=O)c1cn[nH]c1-c1ccc(OC)cc1.Cl. The smallest absolute Gasteiger partial charge is 0.255 e. The number of nitrogens with zero attached hydrogens (tertiary/aromatic N) is 1. The molecule has 1 amide bonds. The van der Waals surface area contributed by atoms with E-state index in [0.29, 0.717) is 17.8 Å². The molecule has 0 radical (unpaired) electrons. The van der Waals surface area contributed by atoms with Crippen molar-refractivity contribution < 1.29 is 9.53 Å². The average molecular weight is 339 g/mol. The lowest BCUT2D eigenvalue weighted by Gasteiger charge is -2.13. The number of aromatic amines is 1. The second-order valence-electron chi connectivity index (χ2n) is 5.06. The van der Waals surface area contributed by atoms with Gasteiger partial charge in [0.05, 0.1) is 24.6 Å². The van der Waals surface area contributed by atoms with Crippen LogP contribution in [0.25, 0.3) is 11.3 Å². The predicted molar refractivity (Wildman–Crippen MR) is 93.3 cm³/mol. The van der Waals surface area contributed by atoms with Crippen molar-refractivity contribution in [3.63, 3.8) is 0 Å². The quantitative estimate of drug-likeness (QED) is 0.723. The van der Waals surface area contributed by atoms with Gasteiger partial charge in [-0.1, -0.05) is 6.92 Å². The van der Waals surface area contributed by atoms with Crippen molar-refractivity contribution in [1.82, 2.24) is 20.8 Å². The zero-order chi connectivity index (χ0) is 15.9. The van der Waals surface area contributed by atoms with Crippen molar-refractivity contribution in [2.75, 3.05) is 20.2 Å². The Morgan fingerprint density at radius 3 is 2.65 bits per heavy atom. The van der Waals surface area contributed by atoms with Gasteiger partial charge in [-0.15, -0.1) is 12.4 Å². The molecule has 2 rings (SSSR count). The summed E-state index contributed by atoms with van der Waals surface area (Å²) in [7, 11) is 1.62. The van der Waals surface area contributed by atoms with E-state index in [1.807, 2.05) is 38.1 Å². The highest BCUT2D eigenvalue weighted by Gasteiger charge is 2.15. The van der Waals surface area contributed by atoms with Crippen LogP contribution in [0.1, 0.15) is 24.2 Å². The molecule has 0 bridgehead atoms. The first kappa shape index (κ1) is 19.0. The lowest BCUT2D eigenvalue weighted by molar-refractivity contribution is 0.0951. The molecule has 0 saturated carbocycles. The Labute approximate surface area is 142 Å². The highest BCUT2D eigenvalue weighted by atomic mass is 35.5. The zero-order valence-electron chi connectivity index (χ0n) is 13.6. The Balaban J connectivity index is 0.00000264. The molecule has 6 nitrogen and oxygen atoms in total. The van der Waals surface area contributed by atoms with Gasteiger partial charge < -0.3 is 15.4 Å². The highest BCUT2D eigenvalue weighted by Crippen LogP contribution is 2.23. The molecule has 0 aliphatic carbocycles. The molecular formula is C16H23ClN4O2. The van der Waals surface area contributed by atoms with Gasteiger partial charge in [0.1, 0.15) is 5.75 Å². The lowest BCUT2D eigenvalue weighted by atomic mass is 10.1. The molecule has 0 saturated heterocycles. The summed E-state index contributed by atoms with van der Waals surface area (Å²) in [6, 6.07) is 7.72. The monoisotopic (exact) mass is 338 g/mol. The lowest BCUT2D eigenvalue weighted by Crippen LogP contribution is -2.38. The van der Waals surface area contributed by atoms with E-state index in [1.165, 1.54) is 0 Å². The van der Waals surface area contributed by atoms with E-state index in [2.05, 4.69) is 20.8 Å². The van der Waals surface area contributed by atoms with Gasteiger partial charge in [0.15, 0.2) is 0 Å². The van der Waals surface area contributed by atoms with Crippen molar-refractivity contribution in [3.8, 4) is 17.0 Å². The van der Waals surface area contributed by atoms with Crippen LogP contribution in [-0.2, 0) is 0 Å². The van der Waals surface area contributed by atoms with E-state index in [9.17, 15) is 4.79 Å². The molecule has 0 unspecified atom stereocenters. The van der Waals surface area contributed by atoms with Crippen LogP contribution < -0.4 is 15.4 Å². The largest absolute Gasteiger partial charge is 0.497 e. The molecular weight excluding hydrogens is 316 g/mol. The maximum absolute atomic E-state index is 12.3. The number of amides is 1. The van der Waals surface area contributed by atoms with Crippen molar-refractivity contribution in [2.45, 2.75) is 19.9 Å². The standard InChI is InChI=1S/C16H22N4O2.ClH/c1-4-17-11(2)9-18-16(21)14-10-19-20-15(14)12-5-7-13(22-3)8-6-12;/h5-8,10-11,17H,4,9H2,1-3H3,(H,18,21)(H,19,20);1H/t11-;/m1./s1. The number of hydrogen-bond donors (Lipinski definition) is 3. The van der Waals surface area contributed by atoms with Gasteiger partial charge in [-0.3, -0.25) is 9.89 Å². The summed E-state index contributed by atoms with van der Waals surface area (Å²) in [6.45, 7) is 5.51. The number of benzene rings is 1. The van der Waals surface area contributed by atoms with Crippen molar-refractivity contribution >= 4 is 18.3 Å². The minimum absolute atomic E-state index is 0.